The number of halogens is 3. The molecule has 0 aliphatic carbocycles. The van der Waals surface area contributed by atoms with Crippen molar-refractivity contribution < 1.29 is 27.4 Å². The lowest BCUT2D eigenvalue weighted by atomic mass is 10.0. The van der Waals surface area contributed by atoms with Crippen molar-refractivity contribution in [1.29, 1.82) is 0 Å². The molecule has 8 heteroatoms. The maximum absolute atomic E-state index is 13.5. The van der Waals surface area contributed by atoms with Gasteiger partial charge in [-0.1, -0.05) is 30.3 Å². The van der Waals surface area contributed by atoms with Crippen LogP contribution in [0.5, 0.6) is 0 Å². The molecule has 0 N–H and O–H groups in total. The monoisotopic (exact) mass is 404 g/mol. The van der Waals surface area contributed by atoms with Crippen molar-refractivity contribution in [1.82, 2.24) is 9.55 Å². The zero-order valence-electron chi connectivity index (χ0n) is 15.6. The molecule has 1 atom stereocenters. The van der Waals surface area contributed by atoms with Crippen LogP contribution < -0.4 is 0 Å². The van der Waals surface area contributed by atoms with E-state index >= 15 is 0 Å². The molecule has 0 aliphatic rings. The summed E-state index contributed by atoms with van der Waals surface area (Å²) in [6.07, 6.45) is -0.592. The summed E-state index contributed by atoms with van der Waals surface area (Å²) in [5.41, 5.74) is 0.428. The number of nitrogens with zero attached hydrogens (tertiary/aromatic N) is 2. The second-order valence-corrected chi connectivity index (χ2v) is 6.33. The number of methoxy groups -OCH3 is 1. The van der Waals surface area contributed by atoms with Crippen molar-refractivity contribution in [3.63, 3.8) is 0 Å². The van der Waals surface area contributed by atoms with Crippen LogP contribution in [0.3, 0.4) is 0 Å². The van der Waals surface area contributed by atoms with E-state index in [2.05, 4.69) is 9.72 Å². The highest BCUT2D eigenvalue weighted by Crippen LogP contribution is 2.36. The van der Waals surface area contributed by atoms with Gasteiger partial charge in [0.05, 0.1) is 37.7 Å². The van der Waals surface area contributed by atoms with Crippen LogP contribution in [0.2, 0.25) is 0 Å². The molecule has 29 heavy (non-hydrogen) atoms. The van der Waals surface area contributed by atoms with Gasteiger partial charge in [0, 0.05) is 12.4 Å². The summed E-state index contributed by atoms with van der Waals surface area (Å²) in [4.78, 5) is 15.5. The Bertz CT molecular complexity index is 939. The van der Waals surface area contributed by atoms with E-state index in [0.717, 1.165) is 11.6 Å². The number of esters is 1. The molecule has 0 amide bonds. The van der Waals surface area contributed by atoms with Gasteiger partial charge in [0.15, 0.2) is 0 Å². The quantitative estimate of drug-likeness (QED) is 0.538. The van der Waals surface area contributed by atoms with Gasteiger partial charge in [0.2, 0.25) is 0 Å². The molecule has 2 aromatic carbocycles. The first kappa shape index (κ1) is 20.6. The van der Waals surface area contributed by atoms with E-state index in [4.69, 9.17) is 4.74 Å². The largest absolute Gasteiger partial charge is 0.465 e. The Morgan fingerprint density at radius 1 is 1.14 bits per heavy atom. The van der Waals surface area contributed by atoms with Gasteiger partial charge < -0.3 is 14.0 Å². The van der Waals surface area contributed by atoms with Crippen LogP contribution in [0, 0.1) is 0 Å². The smallest absolute Gasteiger partial charge is 0.416 e. The first-order chi connectivity index (χ1) is 13.9. The summed E-state index contributed by atoms with van der Waals surface area (Å²) in [6.45, 7) is 0.250. The van der Waals surface area contributed by atoms with Gasteiger partial charge in [-0.05, 0) is 29.3 Å². The summed E-state index contributed by atoms with van der Waals surface area (Å²) >= 11 is 0. The number of imidazole rings is 1. The molecule has 0 bridgehead atoms. The average Bonchev–Trinajstić information content (AvgIpc) is 3.23. The Hall–Kier alpha value is -3.13. The summed E-state index contributed by atoms with van der Waals surface area (Å²) in [5, 5.41) is 0. The molecule has 1 aromatic heterocycles. The van der Waals surface area contributed by atoms with Crippen molar-refractivity contribution in [2.75, 3.05) is 7.11 Å². The first-order valence-electron chi connectivity index (χ1n) is 8.79. The van der Waals surface area contributed by atoms with Gasteiger partial charge in [-0.3, -0.25) is 0 Å². The van der Waals surface area contributed by atoms with Crippen molar-refractivity contribution in [2.24, 2.45) is 0 Å². The fourth-order valence-electron chi connectivity index (χ4n) is 2.91. The summed E-state index contributed by atoms with van der Waals surface area (Å²) in [5.74, 6) is -0.463. The molecule has 0 fully saturated rings. The molecule has 3 rings (SSSR count). The van der Waals surface area contributed by atoms with E-state index < -0.39 is 23.8 Å². The number of carbonyl (C=O) groups is 1. The molecule has 5 nitrogen and oxygen atoms in total. The first-order valence-corrected chi connectivity index (χ1v) is 8.79. The number of alkyl halides is 3. The fourth-order valence-corrected chi connectivity index (χ4v) is 2.91. The van der Waals surface area contributed by atoms with Crippen molar-refractivity contribution in [2.45, 2.75) is 25.4 Å². The molecule has 0 spiro atoms. The predicted octanol–water partition coefficient (Wildman–Crippen LogP) is 4.65. The van der Waals surface area contributed by atoms with Crippen LogP contribution in [-0.4, -0.2) is 22.6 Å². The van der Waals surface area contributed by atoms with Crippen molar-refractivity contribution in [3.05, 3.63) is 89.5 Å². The minimum absolute atomic E-state index is 0.0554. The minimum Gasteiger partial charge on any atom is -0.465 e. The third-order valence-electron chi connectivity index (χ3n) is 4.38. The Morgan fingerprint density at radius 2 is 1.86 bits per heavy atom. The number of aromatic nitrogens is 2. The molecule has 1 heterocycles. The molecule has 1 unspecified atom stereocenters. The average molecular weight is 404 g/mol. The Balaban J connectivity index is 1.83. The lowest BCUT2D eigenvalue weighted by molar-refractivity contribution is -0.139. The van der Waals surface area contributed by atoms with E-state index in [9.17, 15) is 18.0 Å². The zero-order chi connectivity index (χ0) is 20.9. The lowest BCUT2D eigenvalue weighted by Gasteiger charge is -2.23. The number of hydrogen-bond donors (Lipinski definition) is 0. The summed E-state index contributed by atoms with van der Waals surface area (Å²) in [6, 6.07) is 11.9. The Morgan fingerprint density at radius 3 is 2.48 bits per heavy atom. The molecule has 0 radical (unpaired) electrons. The van der Waals surface area contributed by atoms with E-state index in [0.29, 0.717) is 5.56 Å². The van der Waals surface area contributed by atoms with Crippen molar-refractivity contribution in [3.8, 4) is 0 Å². The second kappa shape index (κ2) is 8.91. The highest BCUT2D eigenvalue weighted by Gasteiger charge is 2.35. The van der Waals surface area contributed by atoms with E-state index in [1.807, 2.05) is 0 Å². The Labute approximate surface area is 165 Å². The van der Waals surface area contributed by atoms with Gasteiger partial charge in [0.25, 0.3) is 0 Å². The van der Waals surface area contributed by atoms with Gasteiger partial charge >= 0.3 is 12.1 Å². The SMILES string of the molecule is COC(=O)c1ccc(COC(Cn2ccnc2)c2ccccc2C(F)(F)F)cc1. The molecular weight excluding hydrogens is 385 g/mol. The standard InChI is InChI=1S/C21H19F3N2O3/c1-28-20(27)16-8-6-15(7-9-16)13-29-19(12-26-11-10-25-14-26)17-4-2-3-5-18(17)21(22,23)24/h2-11,14,19H,12-13H2,1H3. The maximum atomic E-state index is 13.5. The number of ether oxygens (including phenoxy) is 2. The maximum Gasteiger partial charge on any atom is 0.416 e. The highest BCUT2D eigenvalue weighted by atomic mass is 19.4. The second-order valence-electron chi connectivity index (χ2n) is 6.33. The molecule has 152 valence electrons. The van der Waals surface area contributed by atoms with E-state index in [1.165, 1.54) is 25.6 Å². The molecule has 0 aliphatic heterocycles. The number of benzene rings is 2. The van der Waals surface area contributed by atoms with Crippen LogP contribution in [0.4, 0.5) is 13.2 Å². The van der Waals surface area contributed by atoms with Crippen LogP contribution in [0.1, 0.15) is 33.2 Å². The molecule has 0 saturated heterocycles. The van der Waals surface area contributed by atoms with Gasteiger partial charge in [-0.2, -0.15) is 13.2 Å². The zero-order valence-corrected chi connectivity index (χ0v) is 15.6. The minimum atomic E-state index is -4.49. The van der Waals surface area contributed by atoms with E-state index in [-0.39, 0.29) is 18.7 Å². The number of rotatable bonds is 7. The predicted molar refractivity (Wildman–Crippen MR) is 99.0 cm³/mol. The van der Waals surface area contributed by atoms with Crippen molar-refractivity contribution >= 4 is 5.97 Å². The van der Waals surface area contributed by atoms with Gasteiger partial charge in [-0.25, -0.2) is 9.78 Å². The molecule has 3 aromatic rings. The van der Waals surface area contributed by atoms with Gasteiger partial charge in [0.1, 0.15) is 6.10 Å². The normalized spacial score (nSPS) is 12.6. The lowest BCUT2D eigenvalue weighted by Crippen LogP contribution is -2.17. The third-order valence-corrected chi connectivity index (χ3v) is 4.38. The fraction of sp³-hybridized carbons (Fsp3) is 0.238. The van der Waals surface area contributed by atoms with Crippen LogP contribution >= 0.6 is 0 Å². The van der Waals surface area contributed by atoms with Gasteiger partial charge in [-0.15, -0.1) is 0 Å². The van der Waals surface area contributed by atoms with Crippen LogP contribution in [0.15, 0.2) is 67.3 Å². The number of hydrogen-bond acceptors (Lipinski definition) is 4. The topological polar surface area (TPSA) is 53.4 Å². The van der Waals surface area contributed by atoms with Crippen LogP contribution in [-0.2, 0) is 28.8 Å². The van der Waals surface area contributed by atoms with Crippen LogP contribution in [0.25, 0.3) is 0 Å². The highest BCUT2D eigenvalue weighted by molar-refractivity contribution is 5.89. The molecule has 0 saturated carbocycles. The summed E-state index contributed by atoms with van der Waals surface area (Å²) < 4.78 is 52.7. The summed E-state index contributed by atoms with van der Waals surface area (Å²) in [7, 11) is 1.29. The third kappa shape index (κ3) is 5.23. The van der Waals surface area contributed by atoms with E-state index in [1.54, 1.807) is 47.3 Å². The molecular formula is C21H19F3N2O3. The number of carbonyl (C=O) groups excluding carboxylic acids is 1. The Kier molecular flexibility index (Phi) is 6.33.